The average molecular weight is 284 g/mol. The van der Waals surface area contributed by atoms with Crippen molar-refractivity contribution in [1.29, 1.82) is 0 Å². The Morgan fingerprint density at radius 2 is 1.62 bits per heavy atom. The minimum atomic E-state index is 0.143. The number of carbonyl (C=O) groups is 1. The maximum absolute atomic E-state index is 11.5. The summed E-state index contributed by atoms with van der Waals surface area (Å²) in [6.07, 6.45) is 0.518. The molecule has 0 amide bonds. The van der Waals surface area contributed by atoms with Crippen LogP contribution in [-0.4, -0.2) is 19.0 Å². The molecule has 0 aliphatic heterocycles. The van der Waals surface area contributed by atoms with Crippen molar-refractivity contribution in [3.63, 3.8) is 0 Å². The molecule has 0 aromatic heterocycles. The Balaban J connectivity index is 1.79. The molecule has 0 heterocycles. The molecule has 0 radical (unpaired) electrons. The molecule has 0 N–H and O–H groups in total. The van der Waals surface area contributed by atoms with Gasteiger partial charge in [0, 0.05) is 12.0 Å². The predicted molar refractivity (Wildman–Crippen MR) is 83.2 cm³/mol. The van der Waals surface area contributed by atoms with Gasteiger partial charge in [0.15, 0.2) is 5.78 Å². The summed E-state index contributed by atoms with van der Waals surface area (Å²) in [6.45, 7) is 4.82. The molecule has 0 unspecified atom stereocenters. The summed E-state index contributed by atoms with van der Waals surface area (Å²) >= 11 is 0. The van der Waals surface area contributed by atoms with Crippen LogP contribution >= 0.6 is 0 Å². The van der Waals surface area contributed by atoms with Gasteiger partial charge in [-0.2, -0.15) is 0 Å². The van der Waals surface area contributed by atoms with Gasteiger partial charge in [0.25, 0.3) is 0 Å². The monoisotopic (exact) mass is 284 g/mol. The molecule has 0 spiro atoms. The molecule has 0 saturated carbocycles. The molecule has 3 nitrogen and oxygen atoms in total. The molecule has 2 rings (SSSR count). The molecule has 0 aliphatic rings. The summed E-state index contributed by atoms with van der Waals surface area (Å²) < 4.78 is 11.3. The van der Waals surface area contributed by atoms with Crippen molar-refractivity contribution in [3.8, 4) is 11.5 Å². The number of para-hydroxylation sites is 1. The molecule has 110 valence electrons. The van der Waals surface area contributed by atoms with E-state index in [-0.39, 0.29) is 5.78 Å². The van der Waals surface area contributed by atoms with E-state index in [0.717, 1.165) is 22.6 Å². The zero-order chi connectivity index (χ0) is 15.1. The minimum Gasteiger partial charge on any atom is -0.490 e. The summed E-state index contributed by atoms with van der Waals surface area (Å²) in [5.41, 5.74) is 1.83. The van der Waals surface area contributed by atoms with Gasteiger partial charge in [0.1, 0.15) is 24.7 Å². The highest BCUT2D eigenvalue weighted by molar-refractivity contribution is 5.95. The number of ketones is 1. The number of benzene rings is 2. The molecule has 3 heteroatoms. The number of ether oxygens (including phenoxy) is 2. The summed E-state index contributed by atoms with van der Waals surface area (Å²) in [7, 11) is 0. The molecule has 0 fully saturated rings. The topological polar surface area (TPSA) is 35.5 Å². The van der Waals surface area contributed by atoms with E-state index in [4.69, 9.17) is 9.47 Å². The van der Waals surface area contributed by atoms with Gasteiger partial charge >= 0.3 is 0 Å². The Labute approximate surface area is 125 Å². The molecule has 21 heavy (non-hydrogen) atoms. The second-order valence-electron chi connectivity index (χ2n) is 4.76. The lowest BCUT2D eigenvalue weighted by atomic mass is 10.1. The highest BCUT2D eigenvalue weighted by Gasteiger charge is 2.03. The Bertz CT molecular complexity index is 588. The molecular weight excluding hydrogens is 264 g/mol. The van der Waals surface area contributed by atoms with Crippen molar-refractivity contribution < 1.29 is 14.3 Å². The third kappa shape index (κ3) is 4.35. The van der Waals surface area contributed by atoms with Crippen molar-refractivity contribution in [3.05, 3.63) is 59.7 Å². The van der Waals surface area contributed by atoms with Gasteiger partial charge in [-0.3, -0.25) is 4.79 Å². The van der Waals surface area contributed by atoms with E-state index in [1.165, 1.54) is 0 Å². The lowest BCUT2D eigenvalue weighted by molar-refractivity contribution is 0.0988. The highest BCUT2D eigenvalue weighted by Crippen LogP contribution is 2.16. The zero-order valence-corrected chi connectivity index (χ0v) is 12.5. The van der Waals surface area contributed by atoms with Crippen molar-refractivity contribution in [2.75, 3.05) is 13.2 Å². The van der Waals surface area contributed by atoms with Crippen LogP contribution in [0.1, 0.15) is 29.3 Å². The number of aryl methyl sites for hydroxylation is 1. The summed E-state index contributed by atoms with van der Waals surface area (Å²) in [5, 5.41) is 0. The van der Waals surface area contributed by atoms with Crippen LogP contribution < -0.4 is 9.47 Å². The van der Waals surface area contributed by atoms with E-state index in [1.54, 1.807) is 12.1 Å². The normalized spacial score (nSPS) is 10.2. The van der Waals surface area contributed by atoms with Gasteiger partial charge in [-0.05, 0) is 42.8 Å². The van der Waals surface area contributed by atoms with E-state index in [0.29, 0.717) is 19.6 Å². The Morgan fingerprint density at radius 3 is 2.29 bits per heavy atom. The predicted octanol–water partition coefficient (Wildman–Crippen LogP) is 4.05. The van der Waals surface area contributed by atoms with Gasteiger partial charge in [-0.15, -0.1) is 0 Å². The summed E-state index contributed by atoms with van der Waals surface area (Å²) in [4.78, 5) is 11.5. The Hall–Kier alpha value is -2.29. The third-order valence-electron chi connectivity index (χ3n) is 3.20. The number of hydrogen-bond donors (Lipinski definition) is 0. The molecule has 0 atom stereocenters. The molecular formula is C18H20O3. The van der Waals surface area contributed by atoms with Crippen LogP contribution in [0.2, 0.25) is 0 Å². The Morgan fingerprint density at radius 1 is 0.952 bits per heavy atom. The number of Topliss-reactive ketones (excluding diaryl/α,β-unsaturated/α-hetero) is 1. The molecule has 0 aliphatic carbocycles. The van der Waals surface area contributed by atoms with Gasteiger partial charge in [0.2, 0.25) is 0 Å². The number of rotatable bonds is 7. The van der Waals surface area contributed by atoms with Crippen molar-refractivity contribution in [1.82, 2.24) is 0 Å². The van der Waals surface area contributed by atoms with Crippen LogP contribution in [0, 0.1) is 6.92 Å². The maximum Gasteiger partial charge on any atom is 0.162 e. The molecule has 0 saturated heterocycles. The Kier molecular flexibility index (Phi) is 5.38. The van der Waals surface area contributed by atoms with Crippen molar-refractivity contribution >= 4 is 5.78 Å². The first-order valence-corrected chi connectivity index (χ1v) is 7.15. The first kappa shape index (κ1) is 15.1. The van der Waals surface area contributed by atoms with Gasteiger partial charge in [-0.25, -0.2) is 0 Å². The summed E-state index contributed by atoms with van der Waals surface area (Å²) in [6, 6.07) is 15.1. The van der Waals surface area contributed by atoms with Crippen LogP contribution in [0.3, 0.4) is 0 Å². The second kappa shape index (κ2) is 7.48. The van der Waals surface area contributed by atoms with Crippen molar-refractivity contribution in [2.45, 2.75) is 20.3 Å². The van der Waals surface area contributed by atoms with Crippen molar-refractivity contribution in [2.24, 2.45) is 0 Å². The SMILES string of the molecule is CCC(=O)c1ccc(OCCOc2ccccc2C)cc1. The van der Waals surface area contributed by atoms with E-state index < -0.39 is 0 Å². The molecule has 0 bridgehead atoms. The minimum absolute atomic E-state index is 0.143. The van der Waals surface area contributed by atoms with E-state index in [2.05, 4.69) is 0 Å². The second-order valence-corrected chi connectivity index (χ2v) is 4.76. The molecule has 2 aromatic carbocycles. The third-order valence-corrected chi connectivity index (χ3v) is 3.20. The fourth-order valence-electron chi connectivity index (χ4n) is 1.97. The van der Waals surface area contributed by atoms with Crippen LogP contribution in [0.15, 0.2) is 48.5 Å². The number of carbonyl (C=O) groups excluding carboxylic acids is 1. The van der Waals surface area contributed by atoms with E-state index in [1.807, 2.05) is 50.2 Å². The van der Waals surface area contributed by atoms with Crippen LogP contribution in [0.25, 0.3) is 0 Å². The zero-order valence-electron chi connectivity index (χ0n) is 12.5. The molecule has 2 aromatic rings. The van der Waals surface area contributed by atoms with E-state index in [9.17, 15) is 4.79 Å². The largest absolute Gasteiger partial charge is 0.490 e. The smallest absolute Gasteiger partial charge is 0.162 e. The summed E-state index contributed by atoms with van der Waals surface area (Å²) in [5.74, 6) is 1.77. The lowest BCUT2D eigenvalue weighted by Gasteiger charge is -2.10. The highest BCUT2D eigenvalue weighted by atomic mass is 16.5. The quantitative estimate of drug-likeness (QED) is 0.568. The first-order valence-electron chi connectivity index (χ1n) is 7.15. The van der Waals surface area contributed by atoms with Crippen LogP contribution in [-0.2, 0) is 0 Å². The van der Waals surface area contributed by atoms with Gasteiger partial charge in [0.05, 0.1) is 0 Å². The van der Waals surface area contributed by atoms with Crippen LogP contribution in [0.5, 0.6) is 11.5 Å². The standard InChI is InChI=1S/C18H20O3/c1-3-17(19)15-8-10-16(11-9-15)20-12-13-21-18-7-5-4-6-14(18)2/h4-11H,3,12-13H2,1-2H3. The number of hydrogen-bond acceptors (Lipinski definition) is 3. The van der Waals surface area contributed by atoms with Crippen LogP contribution in [0.4, 0.5) is 0 Å². The fraction of sp³-hybridized carbons (Fsp3) is 0.278. The van der Waals surface area contributed by atoms with E-state index >= 15 is 0 Å². The lowest BCUT2D eigenvalue weighted by Crippen LogP contribution is -2.09. The fourth-order valence-corrected chi connectivity index (χ4v) is 1.97. The van der Waals surface area contributed by atoms with Gasteiger partial charge in [-0.1, -0.05) is 25.1 Å². The van der Waals surface area contributed by atoms with Gasteiger partial charge < -0.3 is 9.47 Å². The average Bonchev–Trinajstić information content (AvgIpc) is 2.53. The maximum atomic E-state index is 11.5. The first-order chi connectivity index (χ1) is 10.2.